The van der Waals surface area contributed by atoms with E-state index in [0.29, 0.717) is 10.8 Å². The zero-order chi connectivity index (χ0) is 14.6. The number of hydrogen-bond acceptors (Lipinski definition) is 5. The summed E-state index contributed by atoms with van der Waals surface area (Å²) in [7, 11) is -4.24. The number of aromatic nitrogens is 2. The molecule has 0 aliphatic rings. The summed E-state index contributed by atoms with van der Waals surface area (Å²) in [6.45, 7) is 0.381. The van der Waals surface area contributed by atoms with Gasteiger partial charge < -0.3 is 14.8 Å². The molecule has 0 amide bonds. The molecule has 0 aliphatic carbocycles. The molecular formula is C9H13N3O6S. The number of aryl methyl sites for hydroxylation is 1. The van der Waals surface area contributed by atoms with Gasteiger partial charge in [-0.15, -0.1) is 0 Å². The second-order valence-corrected chi connectivity index (χ2v) is 5.49. The van der Waals surface area contributed by atoms with E-state index in [9.17, 15) is 18.0 Å². The number of carboxylic acid groups (broad SMARTS) is 2. The molecule has 1 aromatic rings. The second kappa shape index (κ2) is 5.80. The van der Waals surface area contributed by atoms with Crippen molar-refractivity contribution in [3.05, 3.63) is 12.5 Å². The average molecular weight is 291 g/mol. The normalized spacial score (nSPS) is 11.7. The standard InChI is InChI=1S/C9H13N3O6S/c1-2-11-3-7(10-6-11)19(17,18)12(4-8(13)14)5-9(15)16/h3,6H,2,4-5H2,1H3,(H,13,14)(H,15,16). The molecule has 0 aliphatic heterocycles. The fourth-order valence-electron chi connectivity index (χ4n) is 1.31. The molecule has 0 saturated carbocycles. The van der Waals surface area contributed by atoms with Crippen molar-refractivity contribution >= 4 is 22.0 Å². The van der Waals surface area contributed by atoms with Gasteiger partial charge in [0.1, 0.15) is 13.1 Å². The van der Waals surface area contributed by atoms with Crippen molar-refractivity contribution in [1.29, 1.82) is 0 Å². The van der Waals surface area contributed by atoms with Gasteiger partial charge in [-0.2, -0.15) is 4.31 Å². The molecule has 1 aromatic heterocycles. The van der Waals surface area contributed by atoms with Gasteiger partial charge in [0.25, 0.3) is 10.0 Å². The zero-order valence-corrected chi connectivity index (χ0v) is 10.9. The van der Waals surface area contributed by atoms with Gasteiger partial charge in [0.2, 0.25) is 0 Å². The third-order valence-corrected chi connectivity index (χ3v) is 3.88. The van der Waals surface area contributed by atoms with Gasteiger partial charge in [0, 0.05) is 12.7 Å². The highest BCUT2D eigenvalue weighted by Crippen LogP contribution is 2.13. The topological polar surface area (TPSA) is 130 Å². The van der Waals surface area contributed by atoms with E-state index in [1.807, 2.05) is 0 Å². The lowest BCUT2D eigenvalue weighted by Gasteiger charge is -2.16. The molecule has 10 heteroatoms. The predicted octanol–water partition coefficient (Wildman–Crippen LogP) is -0.937. The van der Waals surface area contributed by atoms with Gasteiger partial charge >= 0.3 is 11.9 Å². The van der Waals surface area contributed by atoms with Crippen molar-refractivity contribution < 1.29 is 28.2 Å². The summed E-state index contributed by atoms with van der Waals surface area (Å²) in [6, 6.07) is 0. The number of carboxylic acids is 2. The Morgan fingerprint density at radius 2 is 1.84 bits per heavy atom. The predicted molar refractivity (Wildman–Crippen MR) is 61.9 cm³/mol. The van der Waals surface area contributed by atoms with Crippen LogP contribution in [0.1, 0.15) is 6.92 Å². The SMILES string of the molecule is CCn1cnc(S(=O)(=O)N(CC(=O)O)CC(=O)O)c1. The second-order valence-electron chi connectivity index (χ2n) is 3.60. The van der Waals surface area contributed by atoms with Crippen LogP contribution in [0.25, 0.3) is 0 Å². The minimum Gasteiger partial charge on any atom is -0.480 e. The lowest BCUT2D eigenvalue weighted by molar-refractivity contribution is -0.139. The minimum absolute atomic E-state index is 0.347. The van der Waals surface area contributed by atoms with E-state index in [0.717, 1.165) is 0 Å². The molecule has 0 radical (unpaired) electrons. The Kier molecular flexibility index (Phi) is 4.62. The van der Waals surface area contributed by atoms with Gasteiger partial charge in [-0.3, -0.25) is 9.59 Å². The Labute approximate surface area is 109 Å². The van der Waals surface area contributed by atoms with Crippen LogP contribution in [0.2, 0.25) is 0 Å². The van der Waals surface area contributed by atoms with Crippen LogP contribution in [0.15, 0.2) is 17.6 Å². The third-order valence-electron chi connectivity index (χ3n) is 2.20. The van der Waals surface area contributed by atoms with E-state index in [1.54, 1.807) is 6.92 Å². The summed E-state index contributed by atoms with van der Waals surface area (Å²) in [5, 5.41) is 16.9. The van der Waals surface area contributed by atoms with Crippen molar-refractivity contribution in [1.82, 2.24) is 13.9 Å². The van der Waals surface area contributed by atoms with Crippen LogP contribution in [0.3, 0.4) is 0 Å². The summed E-state index contributed by atoms with van der Waals surface area (Å²) < 4.78 is 25.9. The van der Waals surface area contributed by atoms with Crippen LogP contribution in [-0.2, 0) is 26.2 Å². The van der Waals surface area contributed by atoms with Crippen LogP contribution in [-0.4, -0.2) is 57.5 Å². The Balaban J connectivity index is 3.10. The minimum atomic E-state index is -4.24. The molecule has 1 rings (SSSR count). The van der Waals surface area contributed by atoms with Crippen LogP contribution >= 0.6 is 0 Å². The number of imidazole rings is 1. The van der Waals surface area contributed by atoms with E-state index in [2.05, 4.69) is 4.98 Å². The molecule has 0 atom stereocenters. The molecule has 0 spiro atoms. The summed E-state index contributed by atoms with van der Waals surface area (Å²) in [6.07, 6.45) is 2.48. The van der Waals surface area contributed by atoms with E-state index in [-0.39, 0.29) is 5.03 Å². The molecule has 0 bridgehead atoms. The molecular weight excluding hydrogens is 278 g/mol. The van der Waals surface area contributed by atoms with E-state index in [4.69, 9.17) is 10.2 Å². The summed E-state index contributed by atoms with van der Waals surface area (Å²) in [5.41, 5.74) is 0. The molecule has 0 aromatic carbocycles. The number of rotatable bonds is 7. The molecule has 9 nitrogen and oxygen atoms in total. The van der Waals surface area contributed by atoms with Gasteiger partial charge in [0.05, 0.1) is 6.33 Å². The molecule has 0 unspecified atom stereocenters. The highest BCUT2D eigenvalue weighted by molar-refractivity contribution is 7.89. The Morgan fingerprint density at radius 3 is 2.21 bits per heavy atom. The number of sulfonamides is 1. The van der Waals surface area contributed by atoms with E-state index in [1.165, 1.54) is 17.1 Å². The lowest BCUT2D eigenvalue weighted by atomic mass is 10.6. The van der Waals surface area contributed by atoms with Gasteiger partial charge in [-0.25, -0.2) is 13.4 Å². The van der Waals surface area contributed by atoms with Gasteiger partial charge in [-0.1, -0.05) is 0 Å². The van der Waals surface area contributed by atoms with Crippen molar-refractivity contribution in [3.63, 3.8) is 0 Å². The van der Waals surface area contributed by atoms with Crippen LogP contribution in [0.4, 0.5) is 0 Å². The Bertz CT molecular complexity index is 563. The quantitative estimate of drug-likeness (QED) is 0.663. The maximum Gasteiger partial charge on any atom is 0.318 e. The Morgan fingerprint density at radius 1 is 1.32 bits per heavy atom. The molecule has 19 heavy (non-hydrogen) atoms. The summed E-state index contributed by atoms with van der Waals surface area (Å²) in [4.78, 5) is 24.9. The molecule has 0 fully saturated rings. The monoisotopic (exact) mass is 291 g/mol. The Hall–Kier alpha value is -1.94. The fraction of sp³-hybridized carbons (Fsp3) is 0.444. The van der Waals surface area contributed by atoms with Crippen molar-refractivity contribution in [2.45, 2.75) is 18.5 Å². The van der Waals surface area contributed by atoms with Crippen LogP contribution in [0, 0.1) is 0 Å². The molecule has 0 saturated heterocycles. The highest BCUT2D eigenvalue weighted by atomic mass is 32.2. The first kappa shape index (κ1) is 15.1. The van der Waals surface area contributed by atoms with Crippen LogP contribution < -0.4 is 0 Å². The smallest absolute Gasteiger partial charge is 0.318 e. The van der Waals surface area contributed by atoms with E-state index >= 15 is 0 Å². The third kappa shape index (κ3) is 3.76. The first-order valence-electron chi connectivity index (χ1n) is 5.23. The molecule has 106 valence electrons. The average Bonchev–Trinajstić information content (AvgIpc) is 2.75. The maximum absolute atomic E-state index is 12.1. The van der Waals surface area contributed by atoms with Crippen molar-refractivity contribution in [3.8, 4) is 0 Å². The summed E-state index contributed by atoms with van der Waals surface area (Å²) in [5.74, 6) is -2.89. The summed E-state index contributed by atoms with van der Waals surface area (Å²) >= 11 is 0. The first-order chi connectivity index (χ1) is 8.77. The van der Waals surface area contributed by atoms with Crippen molar-refractivity contribution in [2.75, 3.05) is 13.1 Å². The first-order valence-corrected chi connectivity index (χ1v) is 6.67. The number of carbonyl (C=O) groups is 2. The largest absolute Gasteiger partial charge is 0.480 e. The molecule has 2 N–H and O–H groups in total. The maximum atomic E-state index is 12.1. The van der Waals surface area contributed by atoms with Crippen LogP contribution in [0.5, 0.6) is 0 Å². The van der Waals surface area contributed by atoms with Gasteiger partial charge in [-0.05, 0) is 6.92 Å². The van der Waals surface area contributed by atoms with Gasteiger partial charge in [0.15, 0.2) is 5.03 Å². The fourth-order valence-corrected chi connectivity index (χ4v) is 2.58. The molecule has 1 heterocycles. The van der Waals surface area contributed by atoms with Crippen molar-refractivity contribution in [2.24, 2.45) is 0 Å². The van der Waals surface area contributed by atoms with E-state index < -0.39 is 35.1 Å². The number of aliphatic carboxylic acids is 2. The zero-order valence-electron chi connectivity index (χ0n) is 10.1. The lowest BCUT2D eigenvalue weighted by Crippen LogP contribution is -2.39. The number of nitrogens with zero attached hydrogens (tertiary/aromatic N) is 3. The number of hydrogen-bond donors (Lipinski definition) is 2. The highest BCUT2D eigenvalue weighted by Gasteiger charge is 2.30.